The van der Waals surface area contributed by atoms with Crippen molar-refractivity contribution in [1.29, 1.82) is 0 Å². The summed E-state index contributed by atoms with van der Waals surface area (Å²) >= 11 is 0. The minimum Gasteiger partial charge on any atom is -0.392 e. The van der Waals surface area contributed by atoms with Crippen molar-refractivity contribution >= 4 is 9.84 Å². The van der Waals surface area contributed by atoms with Gasteiger partial charge in [-0.15, -0.1) is 0 Å². The highest BCUT2D eigenvalue weighted by molar-refractivity contribution is 7.91. The SMILES string of the molecule is CCOCC[C@H](O)/C=C/[C@H]1[C@H]2CC=C(CS(=O)(=O)c3ccccc3)[C@H]2C[C@H]1O. The predicted molar refractivity (Wildman–Crippen MR) is 109 cm³/mol. The van der Waals surface area contributed by atoms with E-state index < -0.39 is 22.0 Å². The fourth-order valence-electron chi connectivity index (χ4n) is 4.40. The summed E-state index contributed by atoms with van der Waals surface area (Å²) in [5.74, 6) is 0.244. The Labute approximate surface area is 167 Å². The molecule has 6 heteroatoms. The molecule has 5 atom stereocenters. The van der Waals surface area contributed by atoms with Gasteiger partial charge >= 0.3 is 0 Å². The van der Waals surface area contributed by atoms with Gasteiger partial charge in [-0.05, 0) is 43.7 Å². The van der Waals surface area contributed by atoms with Crippen LogP contribution in [0.3, 0.4) is 0 Å². The first kappa shape index (κ1) is 21.2. The van der Waals surface area contributed by atoms with Crippen molar-refractivity contribution in [2.24, 2.45) is 17.8 Å². The van der Waals surface area contributed by atoms with E-state index in [1.807, 2.05) is 19.1 Å². The van der Waals surface area contributed by atoms with Gasteiger partial charge in [0, 0.05) is 25.6 Å². The van der Waals surface area contributed by atoms with Crippen molar-refractivity contribution < 1.29 is 23.4 Å². The Balaban J connectivity index is 1.62. The highest BCUT2D eigenvalue weighted by Gasteiger charge is 2.45. The molecule has 0 aromatic heterocycles. The molecule has 5 nitrogen and oxygen atoms in total. The van der Waals surface area contributed by atoms with Crippen LogP contribution in [0.15, 0.2) is 59.0 Å². The van der Waals surface area contributed by atoms with Gasteiger partial charge in [0.25, 0.3) is 0 Å². The van der Waals surface area contributed by atoms with E-state index in [0.29, 0.717) is 31.0 Å². The van der Waals surface area contributed by atoms with Crippen LogP contribution in [0.1, 0.15) is 26.2 Å². The van der Waals surface area contributed by atoms with Gasteiger partial charge in [0.1, 0.15) is 0 Å². The second-order valence-corrected chi connectivity index (χ2v) is 9.67. The number of aliphatic hydroxyl groups excluding tert-OH is 2. The van der Waals surface area contributed by atoms with Crippen molar-refractivity contribution in [3.8, 4) is 0 Å². The molecule has 28 heavy (non-hydrogen) atoms. The molecule has 2 aliphatic carbocycles. The smallest absolute Gasteiger partial charge is 0.182 e. The van der Waals surface area contributed by atoms with Crippen LogP contribution >= 0.6 is 0 Å². The molecule has 0 amide bonds. The largest absolute Gasteiger partial charge is 0.392 e. The molecule has 0 spiro atoms. The fraction of sp³-hybridized carbons (Fsp3) is 0.545. The molecule has 1 fully saturated rings. The summed E-state index contributed by atoms with van der Waals surface area (Å²) in [5.41, 5.74) is 0.917. The molecule has 0 unspecified atom stereocenters. The highest BCUT2D eigenvalue weighted by atomic mass is 32.2. The number of benzene rings is 1. The van der Waals surface area contributed by atoms with Crippen LogP contribution in [-0.4, -0.2) is 49.8 Å². The van der Waals surface area contributed by atoms with Gasteiger partial charge < -0.3 is 14.9 Å². The Kier molecular flexibility index (Phi) is 7.10. The zero-order chi connectivity index (χ0) is 20.1. The van der Waals surface area contributed by atoms with E-state index in [9.17, 15) is 18.6 Å². The number of hydrogen-bond acceptors (Lipinski definition) is 5. The van der Waals surface area contributed by atoms with E-state index >= 15 is 0 Å². The first-order chi connectivity index (χ1) is 13.4. The summed E-state index contributed by atoms with van der Waals surface area (Å²) < 4.78 is 30.7. The third kappa shape index (κ3) is 4.92. The average molecular weight is 407 g/mol. The normalized spacial score (nSPS) is 28.5. The maximum Gasteiger partial charge on any atom is 0.182 e. The summed E-state index contributed by atoms with van der Waals surface area (Å²) in [6, 6.07) is 8.52. The Bertz CT molecular complexity index is 799. The quantitative estimate of drug-likeness (QED) is 0.487. The van der Waals surface area contributed by atoms with Crippen LogP contribution in [0, 0.1) is 17.8 Å². The number of aliphatic hydroxyl groups is 2. The second-order valence-electron chi connectivity index (χ2n) is 7.68. The van der Waals surface area contributed by atoms with Crippen molar-refractivity contribution in [2.45, 2.75) is 43.3 Å². The molecule has 2 aliphatic rings. The molecule has 0 radical (unpaired) electrons. The highest BCUT2D eigenvalue weighted by Crippen LogP contribution is 2.48. The summed E-state index contributed by atoms with van der Waals surface area (Å²) in [4.78, 5) is 0.340. The maximum atomic E-state index is 12.7. The fourth-order valence-corrected chi connectivity index (χ4v) is 5.91. The second kappa shape index (κ2) is 9.35. The molecule has 1 saturated carbocycles. The van der Waals surface area contributed by atoms with Crippen molar-refractivity contribution in [1.82, 2.24) is 0 Å². The van der Waals surface area contributed by atoms with Crippen LogP contribution in [0.25, 0.3) is 0 Å². The summed E-state index contributed by atoms with van der Waals surface area (Å²) in [6.07, 6.45) is 6.46. The van der Waals surface area contributed by atoms with E-state index in [4.69, 9.17) is 4.74 Å². The Morgan fingerprint density at radius 1 is 1.29 bits per heavy atom. The Hall–Kier alpha value is -1.47. The summed E-state index contributed by atoms with van der Waals surface area (Å²) in [6.45, 7) is 3.05. The number of rotatable bonds is 9. The zero-order valence-corrected chi connectivity index (χ0v) is 17.1. The summed E-state index contributed by atoms with van der Waals surface area (Å²) in [7, 11) is -3.38. The zero-order valence-electron chi connectivity index (χ0n) is 16.3. The van der Waals surface area contributed by atoms with Crippen LogP contribution in [0.5, 0.6) is 0 Å². The summed E-state index contributed by atoms with van der Waals surface area (Å²) in [5, 5.41) is 20.6. The van der Waals surface area contributed by atoms with Gasteiger partial charge in [-0.25, -0.2) is 8.42 Å². The molecule has 1 aromatic rings. The van der Waals surface area contributed by atoms with Crippen molar-refractivity contribution in [3.63, 3.8) is 0 Å². The van der Waals surface area contributed by atoms with Gasteiger partial charge in [0.2, 0.25) is 0 Å². The van der Waals surface area contributed by atoms with Gasteiger partial charge in [-0.1, -0.05) is 42.0 Å². The topological polar surface area (TPSA) is 83.8 Å². The predicted octanol–water partition coefficient (Wildman–Crippen LogP) is 2.75. The lowest BCUT2D eigenvalue weighted by molar-refractivity contribution is 0.106. The number of ether oxygens (including phenoxy) is 1. The molecule has 0 heterocycles. The van der Waals surface area contributed by atoms with Gasteiger partial charge in [0.05, 0.1) is 22.9 Å². The molecule has 0 saturated heterocycles. The van der Waals surface area contributed by atoms with E-state index in [1.54, 1.807) is 36.4 Å². The van der Waals surface area contributed by atoms with E-state index in [0.717, 1.165) is 12.0 Å². The maximum absolute atomic E-state index is 12.7. The minimum absolute atomic E-state index is 0.0122. The molecule has 2 N–H and O–H groups in total. The van der Waals surface area contributed by atoms with Gasteiger partial charge in [-0.2, -0.15) is 0 Å². The Morgan fingerprint density at radius 2 is 2.04 bits per heavy atom. The monoisotopic (exact) mass is 406 g/mol. The lowest BCUT2D eigenvalue weighted by atomic mass is 9.88. The van der Waals surface area contributed by atoms with E-state index in [-0.39, 0.29) is 23.5 Å². The lowest BCUT2D eigenvalue weighted by Gasteiger charge is -2.18. The van der Waals surface area contributed by atoms with Gasteiger partial charge in [-0.3, -0.25) is 0 Å². The Morgan fingerprint density at radius 3 is 2.75 bits per heavy atom. The molecule has 1 aromatic carbocycles. The molecule has 0 aliphatic heterocycles. The van der Waals surface area contributed by atoms with E-state index in [2.05, 4.69) is 0 Å². The van der Waals surface area contributed by atoms with Crippen LogP contribution in [0.4, 0.5) is 0 Å². The molecular formula is C22H30O5S. The lowest BCUT2D eigenvalue weighted by Crippen LogP contribution is -2.18. The number of allylic oxidation sites excluding steroid dienone is 1. The number of fused-ring (bicyclic) bond motifs is 1. The van der Waals surface area contributed by atoms with Gasteiger partial charge in [0.15, 0.2) is 9.84 Å². The first-order valence-corrected chi connectivity index (χ1v) is 11.7. The van der Waals surface area contributed by atoms with Crippen molar-refractivity contribution in [2.75, 3.05) is 19.0 Å². The third-order valence-corrected chi connectivity index (χ3v) is 7.56. The molecule has 3 rings (SSSR count). The number of sulfone groups is 1. The van der Waals surface area contributed by atoms with Crippen LogP contribution in [0.2, 0.25) is 0 Å². The standard InChI is InChI=1S/C22H30O5S/c1-2-27-13-12-17(23)9-11-20-19-10-8-16(21(19)14-22(20)24)15-28(25,26)18-6-4-3-5-7-18/h3-9,11,17,19-24H,2,10,12-15H2,1H3/b11-9+/t17-,19-,20+,21-,22-/m1/s1. The third-order valence-electron chi connectivity index (χ3n) is 5.86. The average Bonchev–Trinajstić information content (AvgIpc) is 3.19. The number of hydrogen-bond donors (Lipinski definition) is 2. The van der Waals surface area contributed by atoms with E-state index in [1.165, 1.54) is 0 Å². The van der Waals surface area contributed by atoms with Crippen molar-refractivity contribution in [3.05, 3.63) is 54.1 Å². The first-order valence-electron chi connectivity index (χ1n) is 10.0. The van der Waals surface area contributed by atoms with Crippen LogP contribution < -0.4 is 0 Å². The minimum atomic E-state index is -3.38. The molecular weight excluding hydrogens is 376 g/mol. The van der Waals surface area contributed by atoms with Crippen LogP contribution in [-0.2, 0) is 14.6 Å². The molecule has 154 valence electrons. The molecule has 0 bridgehead atoms.